The van der Waals surface area contributed by atoms with Crippen LogP contribution in [-0.2, 0) is 30.6 Å². The number of oxime groups is 1. The molecule has 1 fully saturated rings. The number of carboxylic acids is 2. The summed E-state index contributed by atoms with van der Waals surface area (Å²) >= 11 is 2.21. The number of β-lactam (4-membered cyclic amide) rings is 1. The van der Waals surface area contributed by atoms with Gasteiger partial charge in [-0.25, -0.2) is 19.1 Å². The number of thioether (sulfide) groups is 1. The van der Waals surface area contributed by atoms with Gasteiger partial charge in [-0.2, -0.15) is 4.73 Å². The van der Waals surface area contributed by atoms with Gasteiger partial charge >= 0.3 is 11.9 Å². The van der Waals surface area contributed by atoms with Crippen molar-refractivity contribution in [1.29, 1.82) is 0 Å². The second-order valence-electron chi connectivity index (χ2n) is 12.5. The van der Waals surface area contributed by atoms with E-state index in [0.29, 0.717) is 35.4 Å². The molecule has 2 aliphatic heterocycles. The van der Waals surface area contributed by atoms with Crippen LogP contribution >= 0.6 is 23.1 Å². The maximum atomic E-state index is 13.4. The SMILES string of the molecule is CC(C)(O/N=C(\C(=O)N[C@@H]1C(=O)N2C(C(=O)O)=C(C[n+]3cnc(N)c(NCCCCNC(=O)c4cc(=O)c(O)cn4O)c3)CSC12)c1csc(N)n1)C(=O)O. The fourth-order valence-electron chi connectivity index (χ4n) is 5.18. The molecular formula is C31H36N11O11S2+. The number of aliphatic carboxylic acids is 2. The van der Waals surface area contributed by atoms with Crippen molar-refractivity contribution in [3.63, 3.8) is 0 Å². The average molecular weight is 803 g/mol. The van der Waals surface area contributed by atoms with E-state index in [-0.39, 0.29) is 46.9 Å². The zero-order valence-corrected chi connectivity index (χ0v) is 30.7. The number of hydrogen-bond acceptors (Lipinski definition) is 17. The molecule has 0 aromatic carbocycles. The summed E-state index contributed by atoms with van der Waals surface area (Å²) in [4.78, 5) is 89.0. The molecule has 0 saturated carbocycles. The van der Waals surface area contributed by atoms with Crippen LogP contribution in [0.1, 0.15) is 42.9 Å². The quantitative estimate of drug-likeness (QED) is 0.0204. The molecule has 24 heteroatoms. The first-order valence-corrected chi connectivity index (χ1v) is 18.1. The van der Waals surface area contributed by atoms with Crippen molar-refractivity contribution >= 4 is 75.1 Å². The van der Waals surface area contributed by atoms with Crippen molar-refractivity contribution in [1.82, 2.24) is 30.2 Å². The first-order chi connectivity index (χ1) is 26.0. The number of thiazole rings is 1. The van der Waals surface area contributed by atoms with Crippen LogP contribution in [0, 0.1) is 0 Å². The molecular weight excluding hydrogens is 767 g/mol. The Bertz CT molecular complexity index is 2170. The molecule has 1 unspecified atom stereocenters. The maximum absolute atomic E-state index is 13.4. The van der Waals surface area contributed by atoms with E-state index in [4.69, 9.17) is 16.3 Å². The third kappa shape index (κ3) is 8.86. The van der Waals surface area contributed by atoms with E-state index in [1.807, 2.05) is 0 Å². The predicted octanol–water partition coefficient (Wildman–Crippen LogP) is -1.26. The Morgan fingerprint density at radius 3 is 2.56 bits per heavy atom. The van der Waals surface area contributed by atoms with Gasteiger partial charge in [-0.15, -0.1) is 23.1 Å². The highest BCUT2D eigenvalue weighted by molar-refractivity contribution is 8.00. The maximum Gasteiger partial charge on any atom is 0.352 e. The summed E-state index contributed by atoms with van der Waals surface area (Å²) in [5, 5.41) is 51.4. The van der Waals surface area contributed by atoms with Crippen LogP contribution in [0.5, 0.6) is 5.75 Å². The standard InChI is InChI=1S/C31H35N11O11S2/c1-31(2,29(50)51)53-39-20(16-12-55-30(33)37-16)25(46)38-21-26(47)42-22(28(48)49)14(11-54-27(21)42)8-40-9-15(23(32)36-13-40)34-5-3-4-6-35-24(45)17-7-18(43)19(44)10-41(17)52/h7,9-10,12-13,21,27,32,34,52H,3-6,8,11H2,1-2H3,(H7,33,35,37,38,44,45,46,48,49,50,51)/p+1/b39-20-/t21-,27?/m1/s1. The Labute approximate surface area is 318 Å². The Kier molecular flexibility index (Phi) is 11.8. The molecule has 292 valence electrons. The number of aromatic hydroxyl groups is 1. The summed E-state index contributed by atoms with van der Waals surface area (Å²) in [6.45, 7) is 3.08. The van der Waals surface area contributed by atoms with E-state index in [1.165, 1.54) is 37.3 Å². The normalized spacial score (nSPS) is 16.9. The second kappa shape index (κ2) is 16.3. The summed E-state index contributed by atoms with van der Waals surface area (Å²) in [5.41, 5.74) is 8.93. The monoisotopic (exact) mass is 802 g/mol. The van der Waals surface area contributed by atoms with Crippen molar-refractivity contribution in [2.75, 3.05) is 35.6 Å². The highest BCUT2D eigenvalue weighted by Crippen LogP contribution is 2.40. The third-order valence-corrected chi connectivity index (χ3v) is 10.1. The number of nitrogens with two attached hydrogens (primary N) is 2. The summed E-state index contributed by atoms with van der Waals surface area (Å²) in [6.07, 6.45) is 4.80. The highest BCUT2D eigenvalue weighted by atomic mass is 32.2. The summed E-state index contributed by atoms with van der Waals surface area (Å²) in [6, 6.07) is -0.341. The van der Waals surface area contributed by atoms with Gasteiger partial charge in [0.25, 0.3) is 29.9 Å². The molecule has 22 nitrogen and oxygen atoms in total. The minimum Gasteiger partial charge on any atom is -0.503 e. The summed E-state index contributed by atoms with van der Waals surface area (Å²) in [7, 11) is 0. The van der Waals surface area contributed by atoms with E-state index in [2.05, 4.69) is 31.1 Å². The molecule has 0 spiro atoms. The molecule has 2 aliphatic rings. The van der Waals surface area contributed by atoms with Gasteiger partial charge in [0.15, 0.2) is 16.6 Å². The van der Waals surface area contributed by atoms with Gasteiger partial charge < -0.3 is 52.8 Å². The lowest BCUT2D eigenvalue weighted by atomic mass is 10.0. The smallest absolute Gasteiger partial charge is 0.352 e. The number of aromatic nitrogens is 4. The van der Waals surface area contributed by atoms with Crippen molar-refractivity contribution in [2.45, 2.75) is 50.3 Å². The van der Waals surface area contributed by atoms with Gasteiger partial charge in [0.05, 0.1) is 6.20 Å². The zero-order chi connectivity index (χ0) is 40.2. The molecule has 55 heavy (non-hydrogen) atoms. The van der Waals surface area contributed by atoms with Gasteiger partial charge in [0, 0.05) is 35.9 Å². The van der Waals surface area contributed by atoms with Crippen LogP contribution in [0.25, 0.3) is 0 Å². The molecule has 5 heterocycles. The topological polar surface area (TPSA) is 331 Å². The van der Waals surface area contributed by atoms with Crippen LogP contribution < -0.4 is 37.4 Å². The van der Waals surface area contributed by atoms with E-state index >= 15 is 0 Å². The molecule has 3 amide bonds. The number of pyridine rings is 1. The van der Waals surface area contributed by atoms with Gasteiger partial charge in [-0.3, -0.25) is 24.1 Å². The van der Waals surface area contributed by atoms with Gasteiger partial charge in [0.1, 0.15) is 46.9 Å². The van der Waals surface area contributed by atoms with Crippen LogP contribution in [0.2, 0.25) is 0 Å². The van der Waals surface area contributed by atoms with Crippen LogP contribution in [0.3, 0.4) is 0 Å². The van der Waals surface area contributed by atoms with Gasteiger partial charge in [0.2, 0.25) is 11.0 Å². The van der Waals surface area contributed by atoms with E-state index in [9.17, 15) is 49.3 Å². The lowest BCUT2D eigenvalue weighted by Crippen LogP contribution is -2.71. The van der Waals surface area contributed by atoms with E-state index < -0.39 is 63.6 Å². The number of nitrogens with zero attached hydrogens (tertiary/aromatic N) is 6. The lowest BCUT2D eigenvalue weighted by Gasteiger charge is -2.49. The van der Waals surface area contributed by atoms with Crippen molar-refractivity contribution in [2.24, 2.45) is 5.16 Å². The Balaban J connectivity index is 1.20. The van der Waals surface area contributed by atoms with Crippen molar-refractivity contribution < 1.29 is 53.9 Å². The number of anilines is 3. The van der Waals surface area contributed by atoms with E-state index in [1.54, 1.807) is 10.8 Å². The number of hydrogen-bond donors (Lipinski definition) is 9. The number of carbonyl (C=O) groups excluding carboxylic acids is 3. The average Bonchev–Trinajstić information content (AvgIpc) is 3.56. The van der Waals surface area contributed by atoms with Gasteiger partial charge in [-0.1, -0.05) is 5.16 Å². The molecule has 11 N–H and O–H groups in total. The Hall–Kier alpha value is -6.43. The number of unbranched alkanes of at least 4 members (excludes halogenated alkanes) is 1. The number of rotatable bonds is 16. The number of nitrogens with one attached hydrogen (secondary N) is 3. The third-order valence-electron chi connectivity index (χ3n) is 8.13. The number of carboxylic acid groups (broad SMARTS) is 2. The number of carbonyl (C=O) groups is 5. The molecule has 0 radical (unpaired) electrons. The molecule has 2 atom stereocenters. The zero-order valence-electron chi connectivity index (χ0n) is 29.1. The molecule has 0 bridgehead atoms. The minimum atomic E-state index is -1.81. The Morgan fingerprint density at radius 1 is 1.16 bits per heavy atom. The molecule has 3 aromatic heterocycles. The van der Waals surface area contributed by atoms with Gasteiger partial charge in [-0.05, 0) is 31.7 Å². The van der Waals surface area contributed by atoms with Crippen LogP contribution in [0.4, 0.5) is 16.6 Å². The minimum absolute atomic E-state index is 0.0187. The lowest BCUT2D eigenvalue weighted by molar-refractivity contribution is -0.691. The fourth-order valence-corrected chi connectivity index (χ4v) is 7.06. The largest absolute Gasteiger partial charge is 0.503 e. The number of fused-ring (bicyclic) bond motifs is 1. The molecule has 5 rings (SSSR count). The van der Waals surface area contributed by atoms with Crippen LogP contribution in [-0.4, -0.2) is 111 Å². The fraction of sp³-hybridized carbons (Fsp3) is 0.355. The number of amides is 3. The van der Waals surface area contributed by atoms with E-state index in [0.717, 1.165) is 28.5 Å². The molecule has 1 saturated heterocycles. The summed E-state index contributed by atoms with van der Waals surface area (Å²) < 4.78 is 1.95. The summed E-state index contributed by atoms with van der Waals surface area (Å²) in [5.74, 6) is -5.40. The molecule has 0 aliphatic carbocycles. The Morgan fingerprint density at radius 2 is 1.89 bits per heavy atom. The van der Waals surface area contributed by atoms with Crippen LogP contribution in [0.15, 0.2) is 51.4 Å². The highest BCUT2D eigenvalue weighted by Gasteiger charge is 2.54. The van der Waals surface area contributed by atoms with Crippen molar-refractivity contribution in [3.8, 4) is 5.75 Å². The first kappa shape index (κ1) is 39.8. The first-order valence-electron chi connectivity index (χ1n) is 16.2. The molecule has 3 aromatic rings. The van der Waals surface area contributed by atoms with Crippen molar-refractivity contribution in [3.05, 3.63) is 63.0 Å². The predicted molar refractivity (Wildman–Crippen MR) is 194 cm³/mol. The number of nitrogen functional groups attached to an aromatic ring is 2. The second-order valence-corrected chi connectivity index (χ2v) is 14.5.